The number of nitrogens with two attached hydrogens (primary N) is 1. The Morgan fingerprint density at radius 1 is 1.50 bits per heavy atom. The van der Waals surface area contributed by atoms with E-state index in [2.05, 4.69) is 21.9 Å². The van der Waals surface area contributed by atoms with E-state index in [1.54, 1.807) is 0 Å². The third-order valence-corrected chi connectivity index (χ3v) is 6.15. The number of nitrogens with one attached hydrogen (secondary N) is 2. The summed E-state index contributed by atoms with van der Waals surface area (Å²) in [4.78, 5) is 16.9. The average Bonchev–Trinajstić information content (AvgIpc) is 3.04. The van der Waals surface area contributed by atoms with Gasteiger partial charge in [-0.2, -0.15) is 11.8 Å². The lowest BCUT2D eigenvalue weighted by Gasteiger charge is -2.26. The van der Waals surface area contributed by atoms with Gasteiger partial charge >= 0.3 is 0 Å². The summed E-state index contributed by atoms with van der Waals surface area (Å²) in [5.41, 5.74) is 5.82. The molecule has 0 radical (unpaired) electrons. The monoisotopic (exact) mass is 314 g/mol. The largest absolute Gasteiger partial charge is 0.382 e. The summed E-state index contributed by atoms with van der Waals surface area (Å²) >= 11 is 3.18. The van der Waals surface area contributed by atoms with Crippen LogP contribution in [0.3, 0.4) is 0 Å². The molecule has 1 fully saturated rings. The molecule has 1 heterocycles. The van der Waals surface area contributed by atoms with Crippen molar-refractivity contribution in [2.75, 3.05) is 30.4 Å². The fourth-order valence-corrected chi connectivity index (χ4v) is 4.30. The lowest BCUT2D eigenvalue weighted by Crippen LogP contribution is -2.38. The molecule has 0 bridgehead atoms. The van der Waals surface area contributed by atoms with Gasteiger partial charge in [0.2, 0.25) is 0 Å². The number of nitrogens with zero attached hydrogens (tertiary/aromatic N) is 1. The highest BCUT2D eigenvalue weighted by molar-refractivity contribution is 8.00. The molecule has 0 atom stereocenters. The van der Waals surface area contributed by atoms with E-state index in [1.807, 2.05) is 18.7 Å². The highest BCUT2D eigenvalue weighted by atomic mass is 32.2. The van der Waals surface area contributed by atoms with Gasteiger partial charge in [0.1, 0.15) is 10.7 Å². The van der Waals surface area contributed by atoms with Gasteiger partial charge in [-0.15, -0.1) is 0 Å². The number of carbonyl (C=O) groups excluding carboxylic acids is 1. The Balaban J connectivity index is 1.97. The maximum absolute atomic E-state index is 12.2. The van der Waals surface area contributed by atoms with Crippen LogP contribution in [-0.4, -0.2) is 35.0 Å². The third kappa shape index (κ3) is 3.38. The van der Waals surface area contributed by atoms with E-state index in [1.165, 1.54) is 37.0 Å². The Kier molecular flexibility index (Phi) is 5.15. The molecule has 0 saturated heterocycles. The Morgan fingerprint density at radius 2 is 2.20 bits per heavy atom. The topological polar surface area (TPSA) is 80.0 Å². The van der Waals surface area contributed by atoms with E-state index in [-0.39, 0.29) is 10.7 Å². The lowest BCUT2D eigenvalue weighted by atomic mass is 10.1. The van der Waals surface area contributed by atoms with Gasteiger partial charge in [-0.25, -0.2) is 4.98 Å². The number of nitrogen functional groups attached to an aromatic ring is 1. The second kappa shape index (κ2) is 6.67. The molecule has 1 aromatic heterocycles. The number of carbonyl (C=O) groups is 1. The van der Waals surface area contributed by atoms with Crippen LogP contribution in [0, 0.1) is 0 Å². The fourth-order valence-electron chi connectivity index (χ4n) is 2.52. The molecule has 0 aliphatic heterocycles. The van der Waals surface area contributed by atoms with E-state index in [9.17, 15) is 4.79 Å². The van der Waals surface area contributed by atoms with Crippen molar-refractivity contribution in [3.8, 4) is 0 Å². The summed E-state index contributed by atoms with van der Waals surface area (Å²) < 4.78 is 0.208. The van der Waals surface area contributed by atoms with E-state index in [4.69, 9.17) is 5.73 Å². The Labute approximate surface area is 128 Å². The first-order chi connectivity index (χ1) is 9.60. The van der Waals surface area contributed by atoms with Crippen LogP contribution in [0.4, 0.5) is 10.9 Å². The van der Waals surface area contributed by atoms with E-state index < -0.39 is 0 Å². The van der Waals surface area contributed by atoms with Crippen molar-refractivity contribution in [3.63, 3.8) is 0 Å². The number of anilines is 2. The van der Waals surface area contributed by atoms with Crippen molar-refractivity contribution in [1.82, 2.24) is 10.3 Å². The molecule has 1 saturated carbocycles. The van der Waals surface area contributed by atoms with E-state index in [0.717, 1.165) is 6.54 Å². The molecule has 5 nitrogen and oxygen atoms in total. The second-order valence-electron chi connectivity index (χ2n) is 5.04. The maximum Gasteiger partial charge on any atom is 0.265 e. The molecule has 7 heteroatoms. The van der Waals surface area contributed by atoms with Crippen molar-refractivity contribution in [2.45, 2.75) is 37.4 Å². The normalized spacial score (nSPS) is 17.1. The summed E-state index contributed by atoms with van der Waals surface area (Å²) in [6.07, 6.45) is 6.99. The summed E-state index contributed by atoms with van der Waals surface area (Å²) in [5, 5.41) is 6.82. The Hall–Kier alpha value is -0.950. The smallest absolute Gasteiger partial charge is 0.265 e. The molecule has 1 aliphatic carbocycles. The van der Waals surface area contributed by atoms with Crippen LogP contribution < -0.4 is 16.4 Å². The number of thioether (sulfide) groups is 1. The van der Waals surface area contributed by atoms with Crippen molar-refractivity contribution in [1.29, 1.82) is 0 Å². The fraction of sp³-hybridized carbons (Fsp3) is 0.692. The standard InChI is InChI=1S/C13H22N4OS2/c1-3-15-12-17-10(14)9(20-12)11(18)16-8-13(19-2)6-4-5-7-13/h3-8,14H2,1-2H3,(H,15,17)(H,16,18). The van der Waals surface area contributed by atoms with Crippen molar-refractivity contribution in [2.24, 2.45) is 0 Å². The predicted molar refractivity (Wildman–Crippen MR) is 87.7 cm³/mol. The summed E-state index contributed by atoms with van der Waals surface area (Å²) in [7, 11) is 0. The van der Waals surface area contributed by atoms with Gasteiger partial charge in [0, 0.05) is 17.8 Å². The molecule has 1 aromatic rings. The zero-order valence-electron chi connectivity index (χ0n) is 12.0. The van der Waals surface area contributed by atoms with Crippen LogP contribution in [0.2, 0.25) is 0 Å². The second-order valence-corrected chi connectivity index (χ2v) is 7.31. The average molecular weight is 314 g/mol. The van der Waals surface area contributed by atoms with E-state index >= 15 is 0 Å². The highest BCUT2D eigenvalue weighted by Gasteiger charge is 2.33. The molecule has 0 unspecified atom stereocenters. The number of aromatic nitrogens is 1. The first kappa shape index (κ1) is 15.4. The van der Waals surface area contributed by atoms with Gasteiger partial charge in [0.15, 0.2) is 5.13 Å². The molecule has 0 aromatic carbocycles. The minimum Gasteiger partial charge on any atom is -0.382 e. The van der Waals surface area contributed by atoms with Gasteiger partial charge in [0.25, 0.3) is 5.91 Å². The molecule has 4 N–H and O–H groups in total. The van der Waals surface area contributed by atoms with Crippen LogP contribution >= 0.6 is 23.1 Å². The minimum absolute atomic E-state index is 0.107. The maximum atomic E-state index is 12.2. The molecular formula is C13H22N4OS2. The van der Waals surface area contributed by atoms with Crippen LogP contribution in [0.15, 0.2) is 0 Å². The number of rotatable bonds is 6. The van der Waals surface area contributed by atoms with Crippen LogP contribution in [0.5, 0.6) is 0 Å². The van der Waals surface area contributed by atoms with Crippen LogP contribution in [0.1, 0.15) is 42.3 Å². The van der Waals surface area contributed by atoms with Gasteiger partial charge in [-0.3, -0.25) is 4.79 Å². The van der Waals surface area contributed by atoms with Crippen LogP contribution in [-0.2, 0) is 0 Å². The molecule has 20 heavy (non-hydrogen) atoms. The molecule has 0 spiro atoms. The molecule has 1 aliphatic rings. The molecular weight excluding hydrogens is 292 g/mol. The number of thiazole rings is 1. The van der Waals surface area contributed by atoms with Gasteiger partial charge in [-0.1, -0.05) is 24.2 Å². The molecule has 2 rings (SSSR count). The lowest BCUT2D eigenvalue weighted by molar-refractivity contribution is 0.0954. The summed E-state index contributed by atoms with van der Waals surface area (Å²) in [6, 6.07) is 0. The predicted octanol–water partition coefficient (Wildman–Crippen LogP) is 2.56. The SMILES string of the molecule is CCNc1nc(N)c(C(=O)NCC2(SC)CCCC2)s1. The Morgan fingerprint density at radius 3 is 2.80 bits per heavy atom. The van der Waals surface area contributed by atoms with Crippen molar-refractivity contribution < 1.29 is 4.79 Å². The van der Waals surface area contributed by atoms with Gasteiger partial charge in [-0.05, 0) is 26.0 Å². The quantitative estimate of drug-likeness (QED) is 0.752. The summed E-state index contributed by atoms with van der Waals surface area (Å²) in [5.74, 6) is 0.206. The third-order valence-electron chi connectivity index (χ3n) is 3.71. The van der Waals surface area contributed by atoms with Crippen molar-refractivity contribution >= 4 is 40.0 Å². The molecule has 112 valence electrons. The van der Waals surface area contributed by atoms with Gasteiger partial charge < -0.3 is 16.4 Å². The number of hydrogen-bond donors (Lipinski definition) is 3. The van der Waals surface area contributed by atoms with Gasteiger partial charge in [0.05, 0.1) is 0 Å². The van der Waals surface area contributed by atoms with E-state index in [0.29, 0.717) is 22.4 Å². The highest BCUT2D eigenvalue weighted by Crippen LogP contribution is 2.39. The zero-order chi connectivity index (χ0) is 14.6. The number of amides is 1. The Bertz CT molecular complexity index is 469. The van der Waals surface area contributed by atoms with Crippen molar-refractivity contribution in [3.05, 3.63) is 4.88 Å². The van der Waals surface area contributed by atoms with Crippen LogP contribution in [0.25, 0.3) is 0 Å². The summed E-state index contributed by atoms with van der Waals surface area (Å²) in [6.45, 7) is 3.46. The zero-order valence-corrected chi connectivity index (χ0v) is 13.6. The first-order valence-corrected chi connectivity index (χ1v) is 8.98. The number of hydrogen-bond acceptors (Lipinski definition) is 6. The molecule has 1 amide bonds. The minimum atomic E-state index is -0.107. The first-order valence-electron chi connectivity index (χ1n) is 6.94.